The molecule has 0 aliphatic rings. The average molecular weight is 176 g/mol. The summed E-state index contributed by atoms with van der Waals surface area (Å²) >= 11 is 0. The third-order valence-corrected chi connectivity index (χ3v) is 4.42. The Bertz CT molecular complexity index is 54.4. The minimum atomic E-state index is -0.125. The van der Waals surface area contributed by atoms with Gasteiger partial charge in [0.1, 0.15) is 20.2 Å². The SMILES string of the molecule is CCCC(CCC)[SiH2]O[SiH3]. The highest BCUT2D eigenvalue weighted by Gasteiger charge is 2.05. The minimum absolute atomic E-state index is 0.125. The molecule has 0 aromatic rings. The molecule has 0 aliphatic heterocycles. The van der Waals surface area contributed by atoms with Crippen molar-refractivity contribution < 1.29 is 4.12 Å². The predicted molar refractivity (Wildman–Crippen MR) is 53.1 cm³/mol. The lowest BCUT2D eigenvalue weighted by Gasteiger charge is -2.12. The van der Waals surface area contributed by atoms with Gasteiger partial charge in [0.05, 0.1) is 0 Å². The van der Waals surface area contributed by atoms with Crippen molar-refractivity contribution >= 4 is 20.2 Å². The van der Waals surface area contributed by atoms with Gasteiger partial charge in [0.15, 0.2) is 0 Å². The van der Waals surface area contributed by atoms with Crippen LogP contribution in [-0.4, -0.2) is 20.2 Å². The maximum absolute atomic E-state index is 5.39. The van der Waals surface area contributed by atoms with Gasteiger partial charge in [0.2, 0.25) is 0 Å². The molecule has 0 N–H and O–H groups in total. The van der Waals surface area contributed by atoms with Crippen LogP contribution in [0.3, 0.4) is 0 Å². The van der Waals surface area contributed by atoms with E-state index in [1.807, 2.05) is 0 Å². The fourth-order valence-corrected chi connectivity index (χ4v) is 4.40. The van der Waals surface area contributed by atoms with E-state index in [4.69, 9.17) is 4.12 Å². The summed E-state index contributed by atoms with van der Waals surface area (Å²) in [6, 6.07) is 0. The molecule has 3 heteroatoms. The van der Waals surface area contributed by atoms with Gasteiger partial charge in [-0.3, -0.25) is 0 Å². The van der Waals surface area contributed by atoms with Gasteiger partial charge in [-0.15, -0.1) is 0 Å². The zero-order valence-corrected chi connectivity index (χ0v) is 10.9. The van der Waals surface area contributed by atoms with Crippen LogP contribution in [0.2, 0.25) is 5.54 Å². The number of rotatable bonds is 6. The van der Waals surface area contributed by atoms with Crippen LogP contribution >= 0.6 is 0 Å². The fraction of sp³-hybridized carbons (Fsp3) is 1.00. The maximum Gasteiger partial charge on any atom is 0.148 e. The highest BCUT2D eigenvalue weighted by Crippen LogP contribution is 2.17. The van der Waals surface area contributed by atoms with E-state index in [2.05, 4.69) is 13.8 Å². The Morgan fingerprint density at radius 3 is 2.10 bits per heavy atom. The van der Waals surface area contributed by atoms with Crippen LogP contribution in [0.4, 0.5) is 0 Å². The van der Waals surface area contributed by atoms with Crippen molar-refractivity contribution in [1.29, 1.82) is 0 Å². The largest absolute Gasteiger partial charge is 0.468 e. The normalized spacial score (nSPS) is 12.3. The molecule has 0 aromatic heterocycles. The Labute approximate surface area is 70.0 Å². The first-order chi connectivity index (χ1) is 4.85. The Morgan fingerprint density at radius 1 is 1.30 bits per heavy atom. The Morgan fingerprint density at radius 2 is 1.80 bits per heavy atom. The fourth-order valence-electron chi connectivity index (χ4n) is 1.36. The topological polar surface area (TPSA) is 9.23 Å². The molecule has 0 fully saturated rings. The second kappa shape index (κ2) is 7.50. The van der Waals surface area contributed by atoms with Crippen LogP contribution in [0.25, 0.3) is 0 Å². The second-order valence-electron chi connectivity index (χ2n) is 2.90. The highest BCUT2D eigenvalue weighted by molar-refractivity contribution is 6.36. The van der Waals surface area contributed by atoms with Gasteiger partial charge < -0.3 is 4.12 Å². The molecule has 0 aliphatic carbocycles. The number of hydrogen-bond acceptors (Lipinski definition) is 1. The summed E-state index contributed by atoms with van der Waals surface area (Å²) in [7, 11) is 0.838. The molecular formula is C7H20OSi2. The first kappa shape index (κ1) is 10.4. The van der Waals surface area contributed by atoms with Crippen molar-refractivity contribution in [3.63, 3.8) is 0 Å². The Balaban J connectivity index is 3.30. The monoisotopic (exact) mass is 176 g/mol. The molecule has 1 nitrogen and oxygen atoms in total. The predicted octanol–water partition coefficient (Wildman–Crippen LogP) is 0.756. The Kier molecular flexibility index (Phi) is 7.80. The molecule has 0 rings (SSSR count). The summed E-state index contributed by atoms with van der Waals surface area (Å²) in [6.45, 7) is 4.54. The minimum Gasteiger partial charge on any atom is -0.468 e. The van der Waals surface area contributed by atoms with E-state index in [0.29, 0.717) is 0 Å². The van der Waals surface area contributed by atoms with Gasteiger partial charge in [-0.25, -0.2) is 0 Å². The van der Waals surface area contributed by atoms with Crippen molar-refractivity contribution in [2.24, 2.45) is 0 Å². The molecule has 0 saturated heterocycles. The summed E-state index contributed by atoms with van der Waals surface area (Å²) < 4.78 is 5.39. The average Bonchev–Trinajstić information content (AvgIpc) is 1.90. The van der Waals surface area contributed by atoms with Crippen molar-refractivity contribution in [3.05, 3.63) is 0 Å². The summed E-state index contributed by atoms with van der Waals surface area (Å²) in [5.41, 5.74) is 0.979. The van der Waals surface area contributed by atoms with Gasteiger partial charge >= 0.3 is 0 Å². The van der Waals surface area contributed by atoms with E-state index in [1.54, 1.807) is 0 Å². The van der Waals surface area contributed by atoms with Gasteiger partial charge in [-0.2, -0.15) is 0 Å². The van der Waals surface area contributed by atoms with Crippen LogP contribution in [0.15, 0.2) is 0 Å². The smallest absolute Gasteiger partial charge is 0.148 e. The van der Waals surface area contributed by atoms with Crippen LogP contribution in [0.1, 0.15) is 39.5 Å². The van der Waals surface area contributed by atoms with Gasteiger partial charge in [0.25, 0.3) is 0 Å². The van der Waals surface area contributed by atoms with Crippen LogP contribution in [0, 0.1) is 0 Å². The van der Waals surface area contributed by atoms with Gasteiger partial charge in [-0.1, -0.05) is 39.5 Å². The lowest BCUT2D eigenvalue weighted by molar-refractivity contribution is 0.573. The molecule has 10 heavy (non-hydrogen) atoms. The standard InChI is InChI=1S/C7H20OSi2/c1-3-5-7(6-4-2)10-8-9/h7H,3-6,10H2,1-2,9H3. The zero-order valence-electron chi connectivity index (χ0n) is 7.52. The third-order valence-electron chi connectivity index (χ3n) is 1.80. The molecule has 0 saturated carbocycles. The molecule has 0 atom stereocenters. The van der Waals surface area contributed by atoms with Crippen molar-refractivity contribution in [2.75, 3.05) is 0 Å². The molecule has 0 bridgehead atoms. The van der Waals surface area contributed by atoms with Crippen LogP contribution < -0.4 is 0 Å². The van der Waals surface area contributed by atoms with Crippen LogP contribution in [-0.2, 0) is 4.12 Å². The van der Waals surface area contributed by atoms with Gasteiger partial charge in [-0.05, 0) is 5.54 Å². The molecule has 0 unspecified atom stereocenters. The van der Waals surface area contributed by atoms with E-state index in [-0.39, 0.29) is 9.76 Å². The molecule has 0 heterocycles. The number of hydrogen-bond donors (Lipinski definition) is 0. The Hall–Kier alpha value is 0.394. The summed E-state index contributed by atoms with van der Waals surface area (Å²) in [4.78, 5) is 0. The first-order valence-corrected chi connectivity index (χ1v) is 6.55. The lowest BCUT2D eigenvalue weighted by Crippen LogP contribution is -2.06. The molecule has 62 valence electrons. The van der Waals surface area contributed by atoms with E-state index in [9.17, 15) is 0 Å². The zero-order chi connectivity index (χ0) is 7.82. The lowest BCUT2D eigenvalue weighted by atomic mass is 10.1. The molecule has 0 amide bonds. The van der Waals surface area contributed by atoms with E-state index < -0.39 is 0 Å². The first-order valence-electron chi connectivity index (χ1n) is 4.34. The molecule has 0 spiro atoms. The van der Waals surface area contributed by atoms with Crippen LogP contribution in [0.5, 0.6) is 0 Å². The maximum atomic E-state index is 5.39. The molecule has 0 aromatic carbocycles. The van der Waals surface area contributed by atoms with Crippen molar-refractivity contribution in [1.82, 2.24) is 0 Å². The summed E-state index contributed by atoms with van der Waals surface area (Å²) in [5.74, 6) is 0. The van der Waals surface area contributed by atoms with Gasteiger partial charge in [0, 0.05) is 0 Å². The highest BCUT2D eigenvalue weighted by atomic mass is 28.3. The summed E-state index contributed by atoms with van der Waals surface area (Å²) in [6.07, 6.45) is 5.48. The van der Waals surface area contributed by atoms with E-state index >= 15 is 0 Å². The third kappa shape index (κ3) is 5.20. The summed E-state index contributed by atoms with van der Waals surface area (Å²) in [5, 5.41) is 0. The van der Waals surface area contributed by atoms with Crippen molar-refractivity contribution in [3.8, 4) is 0 Å². The van der Waals surface area contributed by atoms with E-state index in [0.717, 1.165) is 16.0 Å². The second-order valence-corrected chi connectivity index (χ2v) is 6.70. The molecular weight excluding hydrogens is 156 g/mol. The van der Waals surface area contributed by atoms with E-state index in [1.165, 1.54) is 25.7 Å². The quantitative estimate of drug-likeness (QED) is 0.543. The molecule has 0 radical (unpaired) electrons. The van der Waals surface area contributed by atoms with Crippen molar-refractivity contribution in [2.45, 2.75) is 45.1 Å².